The van der Waals surface area contributed by atoms with Gasteiger partial charge in [0.05, 0.1) is 5.41 Å². The summed E-state index contributed by atoms with van der Waals surface area (Å²) >= 11 is 0. The van der Waals surface area contributed by atoms with Gasteiger partial charge in [0, 0.05) is 44.5 Å². The second-order valence-electron chi connectivity index (χ2n) is 15.9. The number of rotatable bonds is 6. The van der Waals surface area contributed by atoms with E-state index < -0.39 is 5.41 Å². The van der Waals surface area contributed by atoms with Crippen molar-refractivity contribution in [2.45, 2.75) is 12.3 Å². The lowest BCUT2D eigenvalue weighted by Gasteiger charge is -2.39. The maximum Gasteiger partial charge on any atom is 0.164 e. The van der Waals surface area contributed by atoms with Gasteiger partial charge in [-0.1, -0.05) is 194 Å². The average molecular weight is 809 g/mol. The zero-order valence-corrected chi connectivity index (χ0v) is 34.1. The lowest BCUT2D eigenvalue weighted by molar-refractivity contribution is 0.436. The summed E-state index contributed by atoms with van der Waals surface area (Å²) in [4.78, 5) is 30.6. The summed E-state index contributed by atoms with van der Waals surface area (Å²) in [7, 11) is 0. The highest BCUT2D eigenvalue weighted by molar-refractivity contribution is 5.96. The first-order valence-corrected chi connectivity index (χ1v) is 21.0. The standard InChI is InChI=1S/C56H36N6O/c1-35-29-31-41-46(33-35)56(45-27-16-25-42(49(41)45)55-61-52(38-21-10-4-11-22-38)58-53(62-55)39-23-12-5-13-24-39)43-26-14-15-28-47(43)63-48-34-40(30-32-44(48)56)54-59-50(36-17-6-2-7-18-36)57-51(60-54)37-19-8-3-9-20-37/h2-34H,1H3. The Morgan fingerprint density at radius 3 is 1.33 bits per heavy atom. The van der Waals surface area contributed by atoms with Crippen molar-refractivity contribution in [2.75, 3.05) is 0 Å². The number of aromatic nitrogens is 6. The lowest BCUT2D eigenvalue weighted by atomic mass is 9.65. The summed E-state index contributed by atoms with van der Waals surface area (Å²) in [6.45, 7) is 2.16. The van der Waals surface area contributed by atoms with Gasteiger partial charge in [0.25, 0.3) is 0 Å². The minimum absolute atomic E-state index is 0.561. The molecule has 10 aromatic rings. The van der Waals surface area contributed by atoms with Crippen LogP contribution in [-0.2, 0) is 5.41 Å². The van der Waals surface area contributed by atoms with Crippen molar-refractivity contribution in [3.05, 3.63) is 228 Å². The first-order valence-electron chi connectivity index (χ1n) is 21.0. The van der Waals surface area contributed by atoms with Gasteiger partial charge in [-0.05, 0) is 41.3 Å². The van der Waals surface area contributed by atoms with Gasteiger partial charge in [-0.3, -0.25) is 0 Å². The van der Waals surface area contributed by atoms with Crippen molar-refractivity contribution < 1.29 is 4.74 Å². The Labute approximate surface area is 364 Å². The number of nitrogens with zero attached hydrogens (tertiary/aromatic N) is 6. The molecule has 296 valence electrons. The molecule has 0 amide bonds. The summed E-state index contributed by atoms with van der Waals surface area (Å²) in [6, 6.07) is 68.5. The SMILES string of the molecule is Cc1ccc2c(c1)C1(c3ccccc3Oc3cc(-c4nc(-c5ccccc5)nc(-c5ccccc5)n4)ccc31)c1cccc(-c3nc(-c4ccccc4)nc(-c4ccccc4)n3)c1-2. The maximum atomic E-state index is 6.96. The third-order valence-electron chi connectivity index (χ3n) is 12.1. The quantitative estimate of drug-likeness (QED) is 0.165. The van der Waals surface area contributed by atoms with Crippen LogP contribution in [0, 0.1) is 6.92 Å². The van der Waals surface area contributed by atoms with E-state index in [0.29, 0.717) is 34.9 Å². The van der Waals surface area contributed by atoms with E-state index >= 15 is 0 Å². The minimum Gasteiger partial charge on any atom is -0.457 e. The summed E-state index contributed by atoms with van der Waals surface area (Å²) < 4.78 is 6.96. The molecule has 1 unspecified atom stereocenters. The van der Waals surface area contributed by atoms with Crippen LogP contribution in [0.4, 0.5) is 0 Å². The first-order chi connectivity index (χ1) is 31.1. The maximum absolute atomic E-state index is 6.96. The van der Waals surface area contributed by atoms with Crippen molar-refractivity contribution in [1.29, 1.82) is 0 Å². The van der Waals surface area contributed by atoms with Gasteiger partial charge in [-0.15, -0.1) is 0 Å². The van der Waals surface area contributed by atoms with Crippen LogP contribution in [0.25, 0.3) is 79.5 Å². The smallest absolute Gasteiger partial charge is 0.164 e. The molecule has 12 rings (SSSR count). The Morgan fingerprint density at radius 2 is 0.778 bits per heavy atom. The highest BCUT2D eigenvalue weighted by Gasteiger charge is 2.52. The van der Waals surface area contributed by atoms with Gasteiger partial charge in [0.15, 0.2) is 34.9 Å². The average Bonchev–Trinajstić information content (AvgIpc) is 3.64. The van der Waals surface area contributed by atoms with Crippen LogP contribution in [-0.4, -0.2) is 29.9 Å². The zero-order chi connectivity index (χ0) is 41.9. The molecule has 8 aromatic carbocycles. The van der Waals surface area contributed by atoms with Gasteiger partial charge in [0.1, 0.15) is 11.5 Å². The van der Waals surface area contributed by atoms with E-state index in [2.05, 4.69) is 79.7 Å². The Kier molecular flexibility index (Phi) is 8.47. The molecular weight excluding hydrogens is 773 g/mol. The van der Waals surface area contributed by atoms with E-state index in [4.69, 9.17) is 34.6 Å². The molecule has 0 N–H and O–H groups in total. The van der Waals surface area contributed by atoms with E-state index in [0.717, 1.165) is 78.3 Å². The molecule has 0 radical (unpaired) electrons. The molecule has 0 fully saturated rings. The summed E-state index contributed by atoms with van der Waals surface area (Å²) in [6.07, 6.45) is 0. The molecule has 63 heavy (non-hydrogen) atoms. The number of hydrogen-bond acceptors (Lipinski definition) is 7. The molecule has 2 aliphatic rings. The second-order valence-corrected chi connectivity index (χ2v) is 15.9. The molecule has 7 nitrogen and oxygen atoms in total. The number of para-hydroxylation sites is 1. The Balaban J connectivity index is 1.09. The summed E-state index contributed by atoms with van der Waals surface area (Å²) in [5.74, 6) is 5.13. The van der Waals surface area contributed by atoms with Crippen molar-refractivity contribution in [2.24, 2.45) is 0 Å². The molecule has 0 saturated heterocycles. The van der Waals surface area contributed by atoms with Crippen LogP contribution in [0.3, 0.4) is 0 Å². The van der Waals surface area contributed by atoms with Crippen molar-refractivity contribution in [3.8, 4) is 91.0 Å². The van der Waals surface area contributed by atoms with Crippen LogP contribution in [0.5, 0.6) is 11.5 Å². The highest BCUT2D eigenvalue weighted by atomic mass is 16.5. The fraction of sp³-hybridized carbons (Fsp3) is 0.0357. The third-order valence-corrected chi connectivity index (χ3v) is 12.1. The number of aryl methyl sites for hydroxylation is 1. The Bertz CT molecular complexity index is 3260. The molecule has 0 bridgehead atoms. The van der Waals surface area contributed by atoms with Crippen molar-refractivity contribution in [1.82, 2.24) is 29.9 Å². The summed E-state index contributed by atoms with van der Waals surface area (Å²) in [5, 5.41) is 0. The van der Waals surface area contributed by atoms with Crippen LogP contribution in [0.2, 0.25) is 0 Å². The van der Waals surface area contributed by atoms with E-state index in [1.54, 1.807) is 0 Å². The normalized spacial score (nSPS) is 14.3. The molecule has 3 heterocycles. The topological polar surface area (TPSA) is 86.6 Å². The van der Waals surface area contributed by atoms with Crippen LogP contribution < -0.4 is 4.74 Å². The Morgan fingerprint density at radius 1 is 0.317 bits per heavy atom. The van der Waals surface area contributed by atoms with E-state index in [1.807, 2.05) is 127 Å². The fourth-order valence-electron chi connectivity index (χ4n) is 9.30. The largest absolute Gasteiger partial charge is 0.457 e. The first kappa shape index (κ1) is 36.4. The molecule has 1 atom stereocenters. The monoisotopic (exact) mass is 808 g/mol. The van der Waals surface area contributed by atoms with E-state index in [1.165, 1.54) is 5.56 Å². The summed E-state index contributed by atoms with van der Waals surface area (Å²) in [5.41, 5.74) is 12.5. The number of hydrogen-bond donors (Lipinski definition) is 0. The van der Waals surface area contributed by atoms with Crippen LogP contribution in [0.15, 0.2) is 200 Å². The zero-order valence-electron chi connectivity index (χ0n) is 34.1. The van der Waals surface area contributed by atoms with Gasteiger partial charge < -0.3 is 4.74 Å². The van der Waals surface area contributed by atoms with Crippen LogP contribution in [0.1, 0.15) is 27.8 Å². The molecule has 1 aliphatic heterocycles. The van der Waals surface area contributed by atoms with Crippen molar-refractivity contribution in [3.63, 3.8) is 0 Å². The lowest BCUT2D eigenvalue weighted by Crippen LogP contribution is -2.32. The van der Waals surface area contributed by atoms with E-state index in [9.17, 15) is 0 Å². The molecule has 2 aromatic heterocycles. The van der Waals surface area contributed by atoms with Gasteiger partial charge >= 0.3 is 0 Å². The van der Waals surface area contributed by atoms with Crippen LogP contribution >= 0.6 is 0 Å². The molecular formula is C56H36N6O. The second kappa shape index (κ2) is 14.6. The Hall–Kier alpha value is -8.42. The van der Waals surface area contributed by atoms with Crippen molar-refractivity contribution >= 4 is 0 Å². The van der Waals surface area contributed by atoms with E-state index in [-0.39, 0.29) is 0 Å². The molecule has 7 heteroatoms. The van der Waals surface area contributed by atoms with Gasteiger partial charge in [-0.25, -0.2) is 29.9 Å². The molecule has 1 aliphatic carbocycles. The molecule has 1 spiro atoms. The number of benzene rings is 8. The predicted octanol–water partition coefficient (Wildman–Crippen LogP) is 12.8. The number of ether oxygens (including phenoxy) is 1. The van der Waals surface area contributed by atoms with Gasteiger partial charge in [-0.2, -0.15) is 0 Å². The number of fused-ring (bicyclic) bond motifs is 9. The highest BCUT2D eigenvalue weighted by Crippen LogP contribution is 2.63. The van der Waals surface area contributed by atoms with Gasteiger partial charge in [0.2, 0.25) is 0 Å². The molecule has 0 saturated carbocycles. The third kappa shape index (κ3) is 5.97. The fourth-order valence-corrected chi connectivity index (χ4v) is 9.30. The predicted molar refractivity (Wildman–Crippen MR) is 248 cm³/mol. The minimum atomic E-state index is -0.740.